The quantitative estimate of drug-likeness (QED) is 0.644. The largest absolute Gasteiger partial charge is 0.382 e. The molecule has 0 aliphatic carbocycles. The highest BCUT2D eigenvalue weighted by molar-refractivity contribution is 6.11. The number of anilines is 1. The van der Waals surface area contributed by atoms with Crippen LogP contribution in [0, 0.1) is 6.92 Å². The molecule has 22 heavy (non-hydrogen) atoms. The molecule has 0 saturated heterocycles. The standard InChI is InChI=1S/C17H15N3O2/c1-9-18-12-8-7-11-14(15(12)19-9)20-13(17(22)16(11)21)10-5-3-2-4-6-10/h2-8,13,17,20,22H,1H3,(H,18,19). The molecule has 0 bridgehead atoms. The number of fused-ring (bicyclic) bond motifs is 3. The SMILES string of the molecule is Cc1nc2c3c(ccc2[nH]1)C(=O)C(O)C(c1ccccc1)N3. The van der Waals surface area contributed by atoms with Gasteiger partial charge in [0.15, 0.2) is 5.78 Å². The van der Waals surface area contributed by atoms with Gasteiger partial charge in [-0.3, -0.25) is 4.79 Å². The van der Waals surface area contributed by atoms with Crippen LogP contribution in [0.5, 0.6) is 0 Å². The van der Waals surface area contributed by atoms with Gasteiger partial charge in [0.1, 0.15) is 17.4 Å². The van der Waals surface area contributed by atoms with Gasteiger partial charge in [-0.15, -0.1) is 0 Å². The number of aromatic nitrogens is 2. The van der Waals surface area contributed by atoms with Crippen LogP contribution in [-0.4, -0.2) is 27.0 Å². The first-order chi connectivity index (χ1) is 10.6. The highest BCUT2D eigenvalue weighted by atomic mass is 16.3. The van der Waals surface area contributed by atoms with E-state index in [1.807, 2.05) is 43.3 Å². The van der Waals surface area contributed by atoms with Crippen molar-refractivity contribution in [3.8, 4) is 0 Å². The van der Waals surface area contributed by atoms with E-state index in [0.717, 1.165) is 22.4 Å². The van der Waals surface area contributed by atoms with Crippen molar-refractivity contribution < 1.29 is 9.90 Å². The molecule has 4 rings (SSSR count). The summed E-state index contributed by atoms with van der Waals surface area (Å²) in [4.78, 5) is 20.1. The molecule has 0 saturated carbocycles. The van der Waals surface area contributed by atoms with Gasteiger partial charge in [0, 0.05) is 5.56 Å². The van der Waals surface area contributed by atoms with Crippen molar-refractivity contribution in [2.24, 2.45) is 0 Å². The number of carbonyl (C=O) groups excluding carboxylic acids is 1. The Balaban J connectivity index is 1.90. The lowest BCUT2D eigenvalue weighted by molar-refractivity contribution is 0.0695. The Labute approximate surface area is 127 Å². The van der Waals surface area contributed by atoms with Crippen LogP contribution in [0.25, 0.3) is 11.0 Å². The van der Waals surface area contributed by atoms with Gasteiger partial charge in [0.2, 0.25) is 0 Å². The highest BCUT2D eigenvalue weighted by Gasteiger charge is 2.36. The van der Waals surface area contributed by atoms with Gasteiger partial charge in [0.05, 0.1) is 17.2 Å². The van der Waals surface area contributed by atoms with E-state index >= 15 is 0 Å². The minimum Gasteiger partial charge on any atom is -0.382 e. The molecule has 2 unspecified atom stereocenters. The summed E-state index contributed by atoms with van der Waals surface area (Å²) < 4.78 is 0. The van der Waals surface area contributed by atoms with Crippen LogP contribution >= 0.6 is 0 Å². The predicted molar refractivity (Wildman–Crippen MR) is 84.0 cm³/mol. The Hall–Kier alpha value is -2.66. The van der Waals surface area contributed by atoms with Gasteiger partial charge >= 0.3 is 0 Å². The zero-order chi connectivity index (χ0) is 15.3. The van der Waals surface area contributed by atoms with Crippen molar-refractivity contribution in [3.63, 3.8) is 0 Å². The molecule has 0 spiro atoms. The van der Waals surface area contributed by atoms with E-state index in [-0.39, 0.29) is 5.78 Å². The number of carbonyl (C=O) groups is 1. The molecule has 1 aromatic heterocycles. The maximum atomic E-state index is 12.5. The second kappa shape index (κ2) is 4.68. The zero-order valence-corrected chi connectivity index (χ0v) is 12.0. The summed E-state index contributed by atoms with van der Waals surface area (Å²) in [6, 6.07) is 12.6. The first kappa shape index (κ1) is 13.0. The number of aryl methyl sites for hydroxylation is 1. The summed E-state index contributed by atoms with van der Waals surface area (Å²) >= 11 is 0. The van der Waals surface area contributed by atoms with Gasteiger partial charge in [-0.05, 0) is 24.6 Å². The van der Waals surface area contributed by atoms with E-state index in [4.69, 9.17) is 0 Å². The fourth-order valence-corrected chi connectivity index (χ4v) is 3.02. The molecule has 1 aliphatic rings. The molecule has 0 radical (unpaired) electrons. The van der Waals surface area contributed by atoms with Crippen molar-refractivity contribution in [2.45, 2.75) is 19.1 Å². The number of hydrogen-bond donors (Lipinski definition) is 3. The number of nitrogens with zero attached hydrogens (tertiary/aromatic N) is 1. The van der Waals surface area contributed by atoms with Crippen LogP contribution in [0.15, 0.2) is 42.5 Å². The third-order valence-corrected chi connectivity index (χ3v) is 4.08. The molecule has 110 valence electrons. The number of rotatable bonds is 1. The summed E-state index contributed by atoms with van der Waals surface area (Å²) in [6.45, 7) is 1.88. The number of H-pyrrole nitrogens is 1. The molecule has 2 atom stereocenters. The first-order valence-corrected chi connectivity index (χ1v) is 7.18. The van der Waals surface area contributed by atoms with E-state index in [1.54, 1.807) is 6.07 Å². The fourth-order valence-electron chi connectivity index (χ4n) is 3.02. The summed E-state index contributed by atoms with van der Waals surface area (Å²) in [5.74, 6) is 0.519. The number of Topliss-reactive ketones (excluding diaryl/α,β-unsaturated/α-hetero) is 1. The average Bonchev–Trinajstić information content (AvgIpc) is 2.92. The molecular weight excluding hydrogens is 278 g/mol. The zero-order valence-electron chi connectivity index (χ0n) is 12.0. The van der Waals surface area contributed by atoms with Crippen molar-refractivity contribution in [1.82, 2.24) is 9.97 Å². The Morgan fingerprint density at radius 3 is 2.68 bits per heavy atom. The minimum atomic E-state index is -1.10. The molecule has 5 nitrogen and oxygen atoms in total. The summed E-state index contributed by atoms with van der Waals surface area (Å²) in [5.41, 5.74) is 3.65. The van der Waals surface area contributed by atoms with Crippen LogP contribution in [0.2, 0.25) is 0 Å². The van der Waals surface area contributed by atoms with Crippen LogP contribution in [0.1, 0.15) is 27.8 Å². The number of aromatic amines is 1. The molecule has 5 heteroatoms. The number of benzene rings is 2. The Bertz CT molecular complexity index is 870. The normalized spacial score (nSPS) is 20.7. The number of hydrogen-bond acceptors (Lipinski definition) is 4. The van der Waals surface area contributed by atoms with Gasteiger partial charge in [-0.1, -0.05) is 30.3 Å². The van der Waals surface area contributed by atoms with E-state index in [9.17, 15) is 9.90 Å². The van der Waals surface area contributed by atoms with Gasteiger partial charge < -0.3 is 15.4 Å². The van der Waals surface area contributed by atoms with E-state index < -0.39 is 12.1 Å². The molecular formula is C17H15N3O2. The van der Waals surface area contributed by atoms with Gasteiger partial charge in [0.25, 0.3) is 0 Å². The molecule has 2 heterocycles. The second-order valence-electron chi connectivity index (χ2n) is 5.55. The van der Waals surface area contributed by atoms with Crippen molar-refractivity contribution in [2.75, 3.05) is 5.32 Å². The molecule has 0 amide bonds. The summed E-state index contributed by atoms with van der Waals surface area (Å²) in [7, 11) is 0. The van der Waals surface area contributed by atoms with Crippen LogP contribution in [-0.2, 0) is 0 Å². The lowest BCUT2D eigenvalue weighted by Crippen LogP contribution is -2.37. The van der Waals surface area contributed by atoms with Crippen molar-refractivity contribution >= 4 is 22.5 Å². The number of aliphatic hydroxyl groups is 1. The van der Waals surface area contributed by atoms with Crippen LogP contribution < -0.4 is 5.32 Å². The topological polar surface area (TPSA) is 78.0 Å². The molecule has 1 aliphatic heterocycles. The maximum Gasteiger partial charge on any atom is 0.195 e. The first-order valence-electron chi connectivity index (χ1n) is 7.18. The summed E-state index contributed by atoms with van der Waals surface area (Å²) in [5, 5.41) is 13.7. The number of ketones is 1. The van der Waals surface area contributed by atoms with E-state index in [0.29, 0.717) is 11.3 Å². The maximum absolute atomic E-state index is 12.5. The smallest absolute Gasteiger partial charge is 0.195 e. The molecule has 2 aromatic carbocycles. The van der Waals surface area contributed by atoms with Gasteiger partial charge in [-0.25, -0.2) is 4.98 Å². The Kier molecular flexibility index (Phi) is 2.77. The molecule has 0 fully saturated rings. The van der Waals surface area contributed by atoms with Crippen molar-refractivity contribution in [3.05, 3.63) is 59.4 Å². The van der Waals surface area contributed by atoms with E-state index in [1.165, 1.54) is 0 Å². The molecule has 3 N–H and O–H groups in total. The minimum absolute atomic E-state index is 0.273. The number of aliphatic hydroxyl groups excluding tert-OH is 1. The van der Waals surface area contributed by atoms with Crippen LogP contribution in [0.4, 0.5) is 5.69 Å². The fraction of sp³-hybridized carbons (Fsp3) is 0.176. The lowest BCUT2D eigenvalue weighted by Gasteiger charge is -2.31. The monoisotopic (exact) mass is 293 g/mol. The Morgan fingerprint density at radius 2 is 1.91 bits per heavy atom. The second-order valence-corrected chi connectivity index (χ2v) is 5.55. The van der Waals surface area contributed by atoms with Gasteiger partial charge in [-0.2, -0.15) is 0 Å². The third kappa shape index (κ3) is 1.83. The van der Waals surface area contributed by atoms with Crippen molar-refractivity contribution in [1.29, 1.82) is 0 Å². The number of imidazole rings is 1. The Morgan fingerprint density at radius 1 is 1.14 bits per heavy atom. The third-order valence-electron chi connectivity index (χ3n) is 4.08. The predicted octanol–water partition coefficient (Wildman–Crippen LogP) is 2.58. The number of nitrogens with one attached hydrogen (secondary N) is 2. The van der Waals surface area contributed by atoms with Crippen LogP contribution in [0.3, 0.4) is 0 Å². The highest BCUT2D eigenvalue weighted by Crippen LogP contribution is 2.36. The molecule has 3 aromatic rings. The average molecular weight is 293 g/mol. The van der Waals surface area contributed by atoms with E-state index in [2.05, 4.69) is 15.3 Å². The lowest BCUT2D eigenvalue weighted by atomic mass is 9.89. The summed E-state index contributed by atoms with van der Waals surface area (Å²) in [6.07, 6.45) is -1.10.